The molecule has 0 heterocycles. The summed E-state index contributed by atoms with van der Waals surface area (Å²) in [7, 11) is -3.60. The zero-order valence-corrected chi connectivity index (χ0v) is 22.1. The first-order chi connectivity index (χ1) is 15.8. The highest BCUT2D eigenvalue weighted by Gasteiger charge is 2.20. The van der Waals surface area contributed by atoms with Crippen molar-refractivity contribution in [2.24, 2.45) is 0 Å². The second-order valence-electron chi connectivity index (χ2n) is 8.58. The van der Waals surface area contributed by atoms with Crippen molar-refractivity contribution in [2.75, 3.05) is 10.6 Å². The molecule has 0 spiro atoms. The Morgan fingerprint density at radius 2 is 1.47 bits per heavy atom. The highest BCUT2D eigenvalue weighted by molar-refractivity contribution is 7.92. The summed E-state index contributed by atoms with van der Waals surface area (Å²) < 4.78 is 26.1. The highest BCUT2D eigenvalue weighted by atomic mass is 35.5. The molecule has 3 aromatic rings. The van der Waals surface area contributed by atoms with Crippen LogP contribution in [-0.4, -0.2) is 20.6 Å². The van der Waals surface area contributed by atoms with Crippen LogP contribution in [0.25, 0.3) is 0 Å². The van der Waals surface area contributed by atoms with Crippen molar-refractivity contribution in [1.82, 2.24) is 5.32 Å². The highest BCUT2D eigenvalue weighted by Crippen LogP contribution is 2.28. The van der Waals surface area contributed by atoms with Crippen LogP contribution < -0.4 is 9.62 Å². The van der Waals surface area contributed by atoms with E-state index >= 15 is 0 Å². The topological polar surface area (TPSA) is 66.5 Å². The van der Waals surface area contributed by atoms with E-state index in [1.54, 1.807) is 42.5 Å². The first kappa shape index (κ1) is 26.1. The fourth-order valence-electron chi connectivity index (χ4n) is 3.82. The lowest BCUT2D eigenvalue weighted by molar-refractivity contribution is 0.0940. The lowest BCUT2D eigenvalue weighted by Crippen LogP contribution is -2.29. The molecular formula is C26H28Cl2N2O3S. The minimum absolute atomic E-state index is 0.0790. The van der Waals surface area contributed by atoms with E-state index in [9.17, 15) is 13.2 Å². The number of hydrogen-bond acceptors (Lipinski definition) is 3. The number of carbonyl (C=O) groups excluding carboxylic acids is 1. The Hall–Kier alpha value is -2.54. The van der Waals surface area contributed by atoms with Gasteiger partial charge >= 0.3 is 0 Å². The third-order valence-corrected chi connectivity index (χ3v) is 7.35. The minimum Gasteiger partial charge on any atom is -0.346 e. The van der Waals surface area contributed by atoms with Crippen molar-refractivity contribution in [2.45, 2.75) is 40.3 Å². The van der Waals surface area contributed by atoms with E-state index in [0.29, 0.717) is 21.3 Å². The monoisotopic (exact) mass is 518 g/mol. The first-order valence-corrected chi connectivity index (χ1v) is 13.4. The molecule has 180 valence electrons. The molecule has 0 aromatic heterocycles. The number of carbonyl (C=O) groups is 1. The average molecular weight is 519 g/mol. The van der Waals surface area contributed by atoms with Gasteiger partial charge in [-0.3, -0.25) is 9.10 Å². The van der Waals surface area contributed by atoms with E-state index < -0.39 is 10.0 Å². The lowest BCUT2D eigenvalue weighted by Gasteiger charge is -2.23. The standard InChI is InChI=1S/C26H28Cl2N2O3S/c1-16-10-18(3)25(11-17(16)2)19(4)29-26(31)21-8-6-20(7-9-21)15-30(34(5,32)33)24-13-22(27)12-23(28)14-24/h6-14,19H,15H2,1-5H3,(H,29,31)/t19-/m0/s1. The Balaban J connectivity index is 1.77. The average Bonchev–Trinajstić information content (AvgIpc) is 2.73. The van der Waals surface area contributed by atoms with Crippen molar-refractivity contribution in [3.63, 3.8) is 0 Å². The smallest absolute Gasteiger partial charge is 0.251 e. The van der Waals surface area contributed by atoms with Gasteiger partial charge in [-0.15, -0.1) is 0 Å². The van der Waals surface area contributed by atoms with Gasteiger partial charge in [0.1, 0.15) is 0 Å². The van der Waals surface area contributed by atoms with Crippen LogP contribution in [0.2, 0.25) is 10.0 Å². The molecule has 1 N–H and O–H groups in total. The van der Waals surface area contributed by atoms with Crippen LogP contribution in [0.3, 0.4) is 0 Å². The number of rotatable bonds is 7. The van der Waals surface area contributed by atoms with Crippen LogP contribution in [0.4, 0.5) is 5.69 Å². The third kappa shape index (κ3) is 6.32. The molecule has 0 aliphatic rings. The van der Waals surface area contributed by atoms with Gasteiger partial charge in [-0.2, -0.15) is 0 Å². The van der Waals surface area contributed by atoms with Gasteiger partial charge in [-0.05, 0) is 85.8 Å². The van der Waals surface area contributed by atoms with Crippen LogP contribution in [-0.2, 0) is 16.6 Å². The minimum atomic E-state index is -3.60. The van der Waals surface area contributed by atoms with Crippen molar-refractivity contribution in [3.05, 3.63) is 98.0 Å². The lowest BCUT2D eigenvalue weighted by atomic mass is 9.96. The summed E-state index contributed by atoms with van der Waals surface area (Å²) in [6.07, 6.45) is 1.12. The van der Waals surface area contributed by atoms with Crippen molar-refractivity contribution >= 4 is 44.8 Å². The fourth-order valence-corrected chi connectivity index (χ4v) is 5.20. The summed E-state index contributed by atoms with van der Waals surface area (Å²) in [5.74, 6) is -0.196. The molecule has 5 nitrogen and oxygen atoms in total. The zero-order valence-electron chi connectivity index (χ0n) is 19.8. The van der Waals surface area contributed by atoms with E-state index in [-0.39, 0.29) is 18.5 Å². The predicted molar refractivity (Wildman–Crippen MR) is 140 cm³/mol. The van der Waals surface area contributed by atoms with Crippen LogP contribution in [0.15, 0.2) is 54.6 Å². The molecule has 0 aliphatic carbocycles. The zero-order chi connectivity index (χ0) is 25.2. The molecule has 1 atom stereocenters. The Bertz CT molecular complexity index is 1300. The Morgan fingerprint density at radius 1 is 0.912 bits per heavy atom. The summed E-state index contributed by atoms with van der Waals surface area (Å²) >= 11 is 12.1. The second-order valence-corrected chi connectivity index (χ2v) is 11.4. The second kappa shape index (κ2) is 10.4. The number of aryl methyl sites for hydroxylation is 3. The van der Waals surface area contributed by atoms with Crippen LogP contribution in [0.5, 0.6) is 0 Å². The molecule has 8 heteroatoms. The van der Waals surface area contributed by atoms with Crippen molar-refractivity contribution < 1.29 is 13.2 Å². The summed E-state index contributed by atoms with van der Waals surface area (Å²) in [6, 6.07) is 15.6. The summed E-state index contributed by atoms with van der Waals surface area (Å²) in [4.78, 5) is 12.8. The van der Waals surface area contributed by atoms with Crippen LogP contribution in [0, 0.1) is 20.8 Å². The number of sulfonamides is 1. The number of amides is 1. The van der Waals surface area contributed by atoms with Gasteiger partial charge in [0.05, 0.1) is 24.5 Å². The van der Waals surface area contributed by atoms with Crippen molar-refractivity contribution in [1.29, 1.82) is 0 Å². The maximum Gasteiger partial charge on any atom is 0.251 e. The first-order valence-electron chi connectivity index (χ1n) is 10.8. The normalized spacial score (nSPS) is 12.3. The molecular weight excluding hydrogens is 491 g/mol. The molecule has 1 amide bonds. The summed E-state index contributed by atoms with van der Waals surface area (Å²) in [5, 5.41) is 3.74. The van der Waals surface area contributed by atoms with E-state index in [1.807, 2.05) is 13.8 Å². The molecule has 0 saturated heterocycles. The molecule has 34 heavy (non-hydrogen) atoms. The van der Waals surface area contributed by atoms with Gasteiger partial charge in [0.2, 0.25) is 10.0 Å². The Labute approximate surface area is 211 Å². The molecule has 0 aliphatic heterocycles. The summed E-state index contributed by atoms with van der Waals surface area (Å²) in [5.41, 5.74) is 6.20. The predicted octanol–water partition coefficient (Wildman–Crippen LogP) is 6.38. The molecule has 0 saturated carbocycles. The van der Waals surface area contributed by atoms with Gasteiger partial charge < -0.3 is 5.32 Å². The Morgan fingerprint density at radius 3 is 2.03 bits per heavy atom. The Kier molecular flexibility index (Phi) is 7.96. The van der Waals surface area contributed by atoms with E-state index in [2.05, 4.69) is 31.3 Å². The molecule has 0 bridgehead atoms. The quantitative estimate of drug-likeness (QED) is 0.394. The molecule has 0 radical (unpaired) electrons. The van der Waals surface area contributed by atoms with Gasteiger partial charge in [-0.1, -0.05) is 47.5 Å². The van der Waals surface area contributed by atoms with E-state index in [4.69, 9.17) is 23.2 Å². The van der Waals surface area contributed by atoms with Crippen LogP contribution in [0.1, 0.15) is 51.1 Å². The number of nitrogens with one attached hydrogen (secondary N) is 1. The summed E-state index contributed by atoms with van der Waals surface area (Å²) in [6.45, 7) is 8.21. The maximum atomic E-state index is 12.8. The number of anilines is 1. The van der Waals surface area contributed by atoms with Gasteiger partial charge in [0.15, 0.2) is 0 Å². The van der Waals surface area contributed by atoms with Gasteiger partial charge in [0, 0.05) is 15.6 Å². The van der Waals surface area contributed by atoms with Gasteiger partial charge in [-0.25, -0.2) is 8.42 Å². The SMILES string of the molecule is Cc1cc(C)c([C@H](C)NC(=O)c2ccc(CN(c3cc(Cl)cc(Cl)c3)S(C)(=O)=O)cc2)cc1C. The number of hydrogen-bond donors (Lipinski definition) is 1. The number of benzene rings is 3. The fraction of sp³-hybridized carbons (Fsp3) is 0.269. The molecule has 3 rings (SSSR count). The molecule has 0 unspecified atom stereocenters. The largest absolute Gasteiger partial charge is 0.346 e. The number of halogens is 2. The van der Waals surface area contributed by atoms with Gasteiger partial charge in [0.25, 0.3) is 5.91 Å². The molecule has 0 fully saturated rings. The van der Waals surface area contributed by atoms with E-state index in [1.165, 1.54) is 15.4 Å². The maximum absolute atomic E-state index is 12.8. The molecule has 3 aromatic carbocycles. The van der Waals surface area contributed by atoms with Crippen molar-refractivity contribution in [3.8, 4) is 0 Å². The van der Waals surface area contributed by atoms with E-state index in [0.717, 1.165) is 22.9 Å². The van der Waals surface area contributed by atoms with Crippen LogP contribution >= 0.6 is 23.2 Å². The third-order valence-electron chi connectivity index (χ3n) is 5.77. The number of nitrogens with zero attached hydrogens (tertiary/aromatic N) is 1.